The molecule has 10 heteroatoms. The molecule has 0 aliphatic rings. The second-order valence-electron chi connectivity index (χ2n) is 6.83. The number of rotatable bonds is 6. The van der Waals surface area contributed by atoms with Crippen molar-refractivity contribution in [2.45, 2.75) is 18.0 Å². The summed E-state index contributed by atoms with van der Waals surface area (Å²) in [4.78, 5) is 12.2. The molecule has 0 aromatic heterocycles. The molecular formula is C22H19F3N2O4S. The first-order chi connectivity index (χ1) is 15.0. The predicted octanol–water partition coefficient (Wildman–Crippen LogP) is 5.08. The highest BCUT2D eigenvalue weighted by atomic mass is 32.2. The van der Waals surface area contributed by atoms with Gasteiger partial charge in [-0.2, -0.15) is 13.2 Å². The lowest BCUT2D eigenvalue weighted by molar-refractivity contribution is -0.136. The van der Waals surface area contributed by atoms with Crippen molar-refractivity contribution in [3.8, 4) is 5.75 Å². The minimum absolute atomic E-state index is 0.0463. The molecule has 0 unspecified atom stereocenters. The van der Waals surface area contributed by atoms with Crippen molar-refractivity contribution in [3.63, 3.8) is 0 Å². The van der Waals surface area contributed by atoms with Crippen LogP contribution in [0.4, 0.5) is 24.5 Å². The van der Waals surface area contributed by atoms with E-state index in [2.05, 4.69) is 5.32 Å². The highest BCUT2D eigenvalue weighted by Crippen LogP contribution is 2.36. The van der Waals surface area contributed by atoms with E-state index in [1.54, 1.807) is 24.3 Å². The van der Waals surface area contributed by atoms with Crippen molar-refractivity contribution >= 4 is 27.3 Å². The number of carbonyl (C=O) groups excluding carboxylic acids is 1. The summed E-state index contributed by atoms with van der Waals surface area (Å²) in [6.45, 7) is 1.86. The monoisotopic (exact) mass is 464 g/mol. The highest BCUT2D eigenvalue weighted by molar-refractivity contribution is 7.92. The lowest BCUT2D eigenvalue weighted by atomic mass is 10.1. The van der Waals surface area contributed by atoms with Crippen molar-refractivity contribution in [1.82, 2.24) is 0 Å². The summed E-state index contributed by atoms with van der Waals surface area (Å²) in [6, 6.07) is 14.5. The first-order valence-electron chi connectivity index (χ1n) is 9.26. The van der Waals surface area contributed by atoms with E-state index < -0.39 is 33.4 Å². The van der Waals surface area contributed by atoms with Crippen LogP contribution >= 0.6 is 0 Å². The van der Waals surface area contributed by atoms with Crippen LogP contribution in [0.5, 0.6) is 5.75 Å². The number of carbonyl (C=O) groups is 1. The van der Waals surface area contributed by atoms with Crippen LogP contribution in [0.25, 0.3) is 0 Å². The van der Waals surface area contributed by atoms with Crippen LogP contribution in [0.15, 0.2) is 71.6 Å². The molecule has 0 saturated carbocycles. The fraction of sp³-hybridized carbons (Fsp3) is 0.136. The number of hydrogen-bond donors (Lipinski definition) is 2. The van der Waals surface area contributed by atoms with E-state index in [9.17, 15) is 26.4 Å². The summed E-state index contributed by atoms with van der Waals surface area (Å²) in [7, 11) is -3.07. The number of alkyl halides is 3. The average molecular weight is 464 g/mol. The van der Waals surface area contributed by atoms with Crippen molar-refractivity contribution in [1.29, 1.82) is 0 Å². The van der Waals surface area contributed by atoms with Gasteiger partial charge < -0.3 is 10.1 Å². The smallest absolute Gasteiger partial charge is 0.418 e. The van der Waals surface area contributed by atoms with Gasteiger partial charge in [0.1, 0.15) is 5.75 Å². The van der Waals surface area contributed by atoms with Crippen LogP contribution in [-0.4, -0.2) is 21.4 Å². The normalized spacial score (nSPS) is 11.7. The van der Waals surface area contributed by atoms with E-state index in [4.69, 9.17) is 4.74 Å². The Morgan fingerprint density at radius 2 is 1.59 bits per heavy atom. The molecule has 0 atom stereocenters. The third kappa shape index (κ3) is 5.20. The lowest BCUT2D eigenvalue weighted by Crippen LogP contribution is -2.18. The fourth-order valence-corrected chi connectivity index (χ4v) is 3.98. The number of hydrogen-bond acceptors (Lipinski definition) is 4. The van der Waals surface area contributed by atoms with Crippen LogP contribution in [0, 0.1) is 6.92 Å². The number of para-hydroxylation sites is 1. The van der Waals surface area contributed by atoms with Crippen molar-refractivity contribution in [3.05, 3.63) is 83.4 Å². The van der Waals surface area contributed by atoms with Gasteiger partial charge in [-0.1, -0.05) is 29.8 Å². The zero-order valence-electron chi connectivity index (χ0n) is 17.0. The number of aryl methyl sites for hydroxylation is 1. The molecule has 0 aliphatic heterocycles. The first kappa shape index (κ1) is 23.1. The number of ether oxygens (including phenoxy) is 1. The number of halogens is 3. The summed E-state index contributed by atoms with van der Waals surface area (Å²) < 4.78 is 72.4. The highest BCUT2D eigenvalue weighted by Gasteiger charge is 2.34. The van der Waals surface area contributed by atoms with Gasteiger partial charge >= 0.3 is 6.18 Å². The maximum absolute atomic E-state index is 13.2. The van der Waals surface area contributed by atoms with Gasteiger partial charge in [-0.05, 0) is 49.4 Å². The van der Waals surface area contributed by atoms with Gasteiger partial charge in [-0.25, -0.2) is 8.42 Å². The maximum atomic E-state index is 13.2. The summed E-state index contributed by atoms with van der Waals surface area (Å²) in [6.07, 6.45) is -4.74. The Labute approximate surface area is 183 Å². The summed E-state index contributed by atoms with van der Waals surface area (Å²) in [5.74, 6) is -0.326. The zero-order valence-corrected chi connectivity index (χ0v) is 17.8. The number of sulfonamides is 1. The molecule has 0 heterocycles. The maximum Gasteiger partial charge on any atom is 0.418 e. The molecular weight excluding hydrogens is 445 g/mol. The number of anilines is 2. The van der Waals surface area contributed by atoms with E-state index in [0.717, 1.165) is 29.8 Å². The predicted molar refractivity (Wildman–Crippen MR) is 114 cm³/mol. The van der Waals surface area contributed by atoms with Gasteiger partial charge in [0.15, 0.2) is 0 Å². The van der Waals surface area contributed by atoms with E-state index >= 15 is 0 Å². The Kier molecular flexibility index (Phi) is 6.45. The Balaban J connectivity index is 1.93. The molecule has 0 aliphatic carbocycles. The third-order valence-corrected chi connectivity index (χ3v) is 5.88. The Morgan fingerprint density at radius 3 is 2.22 bits per heavy atom. The molecule has 0 saturated heterocycles. The number of amides is 1. The Morgan fingerprint density at radius 1 is 0.938 bits per heavy atom. The second kappa shape index (κ2) is 8.91. The molecule has 6 nitrogen and oxygen atoms in total. The van der Waals surface area contributed by atoms with Gasteiger partial charge in [-0.3, -0.25) is 9.52 Å². The van der Waals surface area contributed by atoms with E-state index in [0.29, 0.717) is 5.56 Å². The molecule has 1 amide bonds. The first-order valence-corrected chi connectivity index (χ1v) is 10.7. The number of nitrogens with one attached hydrogen (secondary N) is 2. The zero-order chi connectivity index (χ0) is 23.5. The van der Waals surface area contributed by atoms with E-state index in [-0.39, 0.29) is 16.3 Å². The molecule has 3 aromatic rings. The average Bonchev–Trinajstić information content (AvgIpc) is 2.73. The van der Waals surface area contributed by atoms with Gasteiger partial charge in [0, 0.05) is 5.56 Å². The van der Waals surface area contributed by atoms with Crippen LogP contribution in [0.3, 0.4) is 0 Å². The van der Waals surface area contributed by atoms with Crippen LogP contribution in [0.1, 0.15) is 21.5 Å². The second-order valence-corrected chi connectivity index (χ2v) is 8.51. The standard InChI is InChI=1S/C22H19F3N2O4S/c1-14-7-9-15(10-8-14)21(28)26-19-13-16(11-12-20(19)31-2)32(29,30)27-18-6-4-3-5-17(18)22(23,24)25/h3-13,27H,1-2H3,(H,26,28). The van der Waals surface area contributed by atoms with Gasteiger partial charge in [0.05, 0.1) is 28.9 Å². The van der Waals surface area contributed by atoms with Gasteiger partial charge in [0.25, 0.3) is 15.9 Å². The topological polar surface area (TPSA) is 84.5 Å². The van der Waals surface area contributed by atoms with Crippen molar-refractivity contribution in [2.24, 2.45) is 0 Å². The molecule has 3 aromatic carbocycles. The van der Waals surface area contributed by atoms with Crippen LogP contribution in [-0.2, 0) is 16.2 Å². The molecule has 0 spiro atoms. The van der Waals surface area contributed by atoms with E-state index in [1.807, 2.05) is 11.6 Å². The molecule has 0 radical (unpaired) electrons. The number of methoxy groups -OCH3 is 1. The fourth-order valence-electron chi connectivity index (χ4n) is 2.87. The van der Waals surface area contributed by atoms with Crippen LogP contribution in [0.2, 0.25) is 0 Å². The summed E-state index contributed by atoms with van der Waals surface area (Å²) >= 11 is 0. The summed E-state index contributed by atoms with van der Waals surface area (Å²) in [5.41, 5.74) is -0.392. The number of benzene rings is 3. The van der Waals surface area contributed by atoms with Crippen LogP contribution < -0.4 is 14.8 Å². The van der Waals surface area contributed by atoms with E-state index in [1.165, 1.54) is 25.3 Å². The Bertz CT molecular complexity index is 1240. The third-order valence-electron chi connectivity index (χ3n) is 4.52. The minimum Gasteiger partial charge on any atom is -0.495 e. The van der Waals surface area contributed by atoms with Crippen molar-refractivity contribution in [2.75, 3.05) is 17.1 Å². The largest absolute Gasteiger partial charge is 0.495 e. The molecule has 168 valence electrons. The SMILES string of the molecule is COc1ccc(S(=O)(=O)Nc2ccccc2C(F)(F)F)cc1NC(=O)c1ccc(C)cc1. The van der Waals surface area contributed by atoms with Crippen molar-refractivity contribution < 1.29 is 31.1 Å². The molecule has 0 fully saturated rings. The molecule has 32 heavy (non-hydrogen) atoms. The Hall–Kier alpha value is -3.53. The minimum atomic E-state index is -4.74. The molecule has 0 bridgehead atoms. The van der Waals surface area contributed by atoms with Gasteiger partial charge in [0.2, 0.25) is 0 Å². The van der Waals surface area contributed by atoms with Gasteiger partial charge in [-0.15, -0.1) is 0 Å². The molecule has 3 rings (SSSR count). The quantitative estimate of drug-likeness (QED) is 0.533. The molecule has 2 N–H and O–H groups in total. The summed E-state index contributed by atoms with van der Waals surface area (Å²) in [5, 5.41) is 2.57. The lowest BCUT2D eigenvalue weighted by Gasteiger charge is -2.16.